The van der Waals surface area contributed by atoms with Crippen LogP contribution in [0.2, 0.25) is 0 Å². The van der Waals surface area contributed by atoms with Gasteiger partial charge in [0, 0.05) is 56.1 Å². The monoisotopic (exact) mass is 449 g/mol. The van der Waals surface area contributed by atoms with E-state index in [2.05, 4.69) is 29.1 Å². The summed E-state index contributed by atoms with van der Waals surface area (Å²) >= 11 is 0. The minimum atomic E-state index is 0. The molecule has 3 heterocycles. The number of nitrogens with one attached hydrogen (secondary N) is 1. The normalized spacial score (nSPS) is 40.9. The average Bonchev–Trinajstić information content (AvgIpc) is 3.19. The van der Waals surface area contributed by atoms with E-state index >= 15 is 0 Å². The Morgan fingerprint density at radius 3 is 2.79 bits per heavy atom. The molecule has 6 heteroatoms. The third kappa shape index (κ3) is 2.96. The maximum absolute atomic E-state index is 6.03. The molecule has 0 radical (unpaired) electrons. The van der Waals surface area contributed by atoms with Gasteiger partial charge in [-0.05, 0) is 25.7 Å². The van der Waals surface area contributed by atoms with Crippen molar-refractivity contribution in [3.63, 3.8) is 0 Å². The number of fused-ring (bicyclic) bond motifs is 1. The topological polar surface area (TPSA) is 46.1 Å². The number of nitrogens with zero attached hydrogens (tertiary/aromatic N) is 2. The fraction of sp³-hybridized carbons (Fsp3) is 0.944. The number of hydrogen-bond acceptors (Lipinski definition) is 3. The molecular weight excluding hydrogens is 417 g/mol. The van der Waals surface area contributed by atoms with Gasteiger partial charge in [-0.2, -0.15) is 0 Å². The predicted octanol–water partition coefficient (Wildman–Crippen LogP) is 2.50. The highest BCUT2D eigenvalue weighted by Crippen LogP contribution is 2.51. The van der Waals surface area contributed by atoms with Gasteiger partial charge in [-0.1, -0.05) is 13.8 Å². The molecule has 24 heavy (non-hydrogen) atoms. The number of hydrogen-bond donors (Lipinski definition) is 1. The summed E-state index contributed by atoms with van der Waals surface area (Å²) in [5.74, 6) is 1.72. The minimum absolute atomic E-state index is 0. The van der Waals surface area contributed by atoms with Crippen LogP contribution in [0.5, 0.6) is 0 Å². The van der Waals surface area contributed by atoms with Crippen LogP contribution in [0.3, 0.4) is 0 Å². The molecule has 5 nitrogen and oxygen atoms in total. The van der Waals surface area contributed by atoms with Crippen LogP contribution in [0.1, 0.15) is 39.5 Å². The Morgan fingerprint density at radius 1 is 1.25 bits per heavy atom. The second kappa shape index (κ2) is 6.91. The molecule has 0 amide bonds. The van der Waals surface area contributed by atoms with E-state index in [0.29, 0.717) is 23.5 Å². The summed E-state index contributed by atoms with van der Waals surface area (Å²) in [6.45, 7) is 9.64. The van der Waals surface area contributed by atoms with Crippen LogP contribution in [0.4, 0.5) is 0 Å². The van der Waals surface area contributed by atoms with Crippen molar-refractivity contribution in [1.29, 1.82) is 0 Å². The Hall–Kier alpha value is -0.0800. The molecular formula is C18H32IN3O2. The summed E-state index contributed by atoms with van der Waals surface area (Å²) in [5, 5.41) is 3.80. The van der Waals surface area contributed by atoms with Crippen LogP contribution < -0.4 is 5.32 Å². The first-order chi connectivity index (χ1) is 11.1. The standard InChI is InChI=1S/C18H31N3O2.HI/c1-17(2)14(13-5-4-9-23-15(13)17)20-16(19-3)21-8-6-18(11-21)7-10-22-12-18;/h13-15H,4-12H2,1-3H3,(H,19,20);1H. The van der Waals surface area contributed by atoms with E-state index in [1.54, 1.807) is 0 Å². The van der Waals surface area contributed by atoms with Gasteiger partial charge in [-0.15, -0.1) is 24.0 Å². The molecule has 0 aromatic rings. The van der Waals surface area contributed by atoms with Gasteiger partial charge in [0.1, 0.15) is 0 Å². The van der Waals surface area contributed by atoms with Gasteiger partial charge in [-0.25, -0.2) is 0 Å². The second-order valence-electron chi connectivity index (χ2n) is 8.56. The SMILES string of the molecule is CN=C(NC1C2CCCOC2C1(C)C)N1CCC2(CCOC2)C1.I. The zero-order chi connectivity index (χ0) is 16.1. The Bertz CT molecular complexity index is 491. The first-order valence-electron chi connectivity index (χ1n) is 9.23. The van der Waals surface area contributed by atoms with Crippen LogP contribution in [-0.2, 0) is 9.47 Å². The summed E-state index contributed by atoms with van der Waals surface area (Å²) in [6.07, 6.45) is 5.32. The van der Waals surface area contributed by atoms with Gasteiger partial charge in [0.05, 0.1) is 12.7 Å². The molecule has 4 atom stereocenters. The number of halogens is 1. The van der Waals surface area contributed by atoms with Gasteiger partial charge in [0.15, 0.2) is 5.96 Å². The summed E-state index contributed by atoms with van der Waals surface area (Å²) in [4.78, 5) is 7.05. The molecule has 1 N–H and O–H groups in total. The van der Waals surface area contributed by atoms with E-state index in [1.807, 2.05) is 7.05 Å². The Morgan fingerprint density at radius 2 is 2.08 bits per heavy atom. The van der Waals surface area contributed by atoms with Crippen LogP contribution in [0.15, 0.2) is 4.99 Å². The number of likely N-dealkylation sites (tertiary alicyclic amines) is 1. The third-order valence-electron chi connectivity index (χ3n) is 6.75. The summed E-state index contributed by atoms with van der Waals surface area (Å²) in [5.41, 5.74) is 0.568. The predicted molar refractivity (Wildman–Crippen MR) is 106 cm³/mol. The largest absolute Gasteiger partial charge is 0.381 e. The lowest BCUT2D eigenvalue weighted by molar-refractivity contribution is -0.188. The van der Waals surface area contributed by atoms with Gasteiger partial charge in [0.25, 0.3) is 0 Å². The molecule has 4 aliphatic rings. The summed E-state index contributed by atoms with van der Waals surface area (Å²) < 4.78 is 11.7. The number of rotatable bonds is 1. The highest BCUT2D eigenvalue weighted by molar-refractivity contribution is 14.0. The molecule has 0 aromatic carbocycles. The van der Waals surface area contributed by atoms with Crippen molar-refractivity contribution in [2.24, 2.45) is 21.7 Å². The van der Waals surface area contributed by atoms with Crippen molar-refractivity contribution in [1.82, 2.24) is 10.2 Å². The average molecular weight is 449 g/mol. The van der Waals surface area contributed by atoms with E-state index < -0.39 is 0 Å². The van der Waals surface area contributed by atoms with Crippen molar-refractivity contribution >= 4 is 29.9 Å². The van der Waals surface area contributed by atoms with E-state index in [4.69, 9.17) is 9.47 Å². The zero-order valence-corrected chi connectivity index (χ0v) is 17.5. The quantitative estimate of drug-likeness (QED) is 0.380. The molecule has 1 saturated carbocycles. The Labute approximate surface area is 162 Å². The van der Waals surface area contributed by atoms with Crippen molar-refractivity contribution < 1.29 is 9.47 Å². The highest BCUT2D eigenvalue weighted by Gasteiger charge is 2.58. The lowest BCUT2D eigenvalue weighted by Gasteiger charge is -2.60. The summed E-state index contributed by atoms with van der Waals surface area (Å²) in [6, 6.07) is 0.475. The molecule has 1 spiro atoms. The van der Waals surface area contributed by atoms with Crippen molar-refractivity contribution in [2.45, 2.75) is 51.7 Å². The molecule has 4 rings (SSSR count). The van der Waals surface area contributed by atoms with Crippen LogP contribution >= 0.6 is 24.0 Å². The van der Waals surface area contributed by atoms with Gasteiger partial charge in [0.2, 0.25) is 0 Å². The first kappa shape index (κ1) is 18.7. The molecule has 0 bridgehead atoms. The highest BCUT2D eigenvalue weighted by atomic mass is 127. The van der Waals surface area contributed by atoms with E-state index in [1.165, 1.54) is 25.7 Å². The number of ether oxygens (including phenoxy) is 2. The number of aliphatic imine (C=N–C) groups is 1. The molecule has 1 aliphatic carbocycles. The fourth-order valence-electron chi connectivity index (χ4n) is 5.34. The molecule has 3 aliphatic heterocycles. The van der Waals surface area contributed by atoms with Gasteiger partial charge < -0.3 is 19.7 Å². The Kier molecular flexibility index (Phi) is 5.39. The van der Waals surface area contributed by atoms with E-state index in [9.17, 15) is 0 Å². The van der Waals surface area contributed by atoms with E-state index in [-0.39, 0.29) is 29.4 Å². The van der Waals surface area contributed by atoms with Crippen LogP contribution in [0.25, 0.3) is 0 Å². The van der Waals surface area contributed by atoms with E-state index in [0.717, 1.165) is 38.9 Å². The lowest BCUT2D eigenvalue weighted by Crippen LogP contribution is -2.71. The first-order valence-corrected chi connectivity index (χ1v) is 9.23. The van der Waals surface area contributed by atoms with Crippen LogP contribution in [-0.4, -0.2) is 63.0 Å². The molecule has 4 fully saturated rings. The van der Waals surface area contributed by atoms with Crippen molar-refractivity contribution in [2.75, 3.05) is 40.0 Å². The Balaban J connectivity index is 0.00000169. The second-order valence-corrected chi connectivity index (χ2v) is 8.56. The van der Waals surface area contributed by atoms with Crippen molar-refractivity contribution in [3.8, 4) is 0 Å². The maximum atomic E-state index is 6.03. The molecule has 0 aromatic heterocycles. The maximum Gasteiger partial charge on any atom is 0.193 e. The van der Waals surface area contributed by atoms with Gasteiger partial charge >= 0.3 is 0 Å². The molecule has 138 valence electrons. The fourth-order valence-corrected chi connectivity index (χ4v) is 5.34. The van der Waals surface area contributed by atoms with Gasteiger partial charge in [-0.3, -0.25) is 4.99 Å². The third-order valence-corrected chi connectivity index (χ3v) is 6.75. The zero-order valence-electron chi connectivity index (χ0n) is 15.2. The molecule has 3 saturated heterocycles. The van der Waals surface area contributed by atoms with Crippen molar-refractivity contribution in [3.05, 3.63) is 0 Å². The smallest absolute Gasteiger partial charge is 0.193 e. The molecule has 4 unspecified atom stereocenters. The summed E-state index contributed by atoms with van der Waals surface area (Å²) in [7, 11) is 1.92. The lowest BCUT2D eigenvalue weighted by atomic mass is 9.55. The minimum Gasteiger partial charge on any atom is -0.381 e. The van der Waals surface area contributed by atoms with Crippen LogP contribution in [0, 0.1) is 16.7 Å². The number of guanidine groups is 1.